The third-order valence-corrected chi connectivity index (χ3v) is 3.80. The molecule has 0 spiro atoms. The molecule has 2 aromatic rings. The number of benzene rings is 1. The summed E-state index contributed by atoms with van der Waals surface area (Å²) < 4.78 is 0. The summed E-state index contributed by atoms with van der Waals surface area (Å²) >= 11 is 6.17. The lowest BCUT2D eigenvalue weighted by molar-refractivity contribution is -0.368. The lowest BCUT2D eigenvalue weighted by Gasteiger charge is -2.03. The zero-order valence-corrected chi connectivity index (χ0v) is 15.2. The standard InChI is InChI=1S/C17H21ClN4O.ClH/c1-12-6-7-13-10-14(17(18)21-15(13)9-12)11-20-22-16(23)5-3-2-4-8-19;/h6-7,9-11H,2-5,8,19H2,1H3,(H,22,23);1H. The van der Waals surface area contributed by atoms with E-state index < -0.39 is 0 Å². The fourth-order valence-corrected chi connectivity index (χ4v) is 2.42. The Kier molecular flexibility index (Phi) is 8.68. The topological polar surface area (TPSA) is 82.0 Å². The van der Waals surface area contributed by atoms with Gasteiger partial charge in [0.05, 0.1) is 18.3 Å². The van der Waals surface area contributed by atoms with E-state index in [4.69, 9.17) is 11.6 Å². The highest BCUT2D eigenvalue weighted by Crippen LogP contribution is 2.20. The maximum absolute atomic E-state index is 11.6. The van der Waals surface area contributed by atoms with Crippen molar-refractivity contribution in [3.63, 3.8) is 0 Å². The Labute approximate surface area is 153 Å². The van der Waals surface area contributed by atoms with Gasteiger partial charge < -0.3 is 18.1 Å². The Hall–Kier alpha value is -1.69. The molecular weight excluding hydrogens is 347 g/mol. The number of aromatic nitrogens is 1. The van der Waals surface area contributed by atoms with Crippen LogP contribution in [0.5, 0.6) is 0 Å². The molecule has 0 bridgehead atoms. The van der Waals surface area contributed by atoms with Crippen LogP contribution in [-0.2, 0) is 4.79 Å². The van der Waals surface area contributed by atoms with Gasteiger partial charge in [0, 0.05) is 17.4 Å². The number of carbonyl (C=O) groups is 1. The minimum absolute atomic E-state index is 0. The molecule has 24 heavy (non-hydrogen) atoms. The number of nitrogens with zero attached hydrogens (tertiary/aromatic N) is 2. The predicted molar refractivity (Wildman–Crippen MR) is 93.4 cm³/mol. The van der Waals surface area contributed by atoms with Gasteiger partial charge in [-0.3, -0.25) is 4.79 Å². The van der Waals surface area contributed by atoms with Gasteiger partial charge in [0.1, 0.15) is 5.15 Å². The highest BCUT2D eigenvalue weighted by molar-refractivity contribution is 6.32. The Morgan fingerprint density at radius 3 is 2.88 bits per heavy atom. The Morgan fingerprint density at radius 1 is 1.33 bits per heavy atom. The third kappa shape index (κ3) is 6.07. The summed E-state index contributed by atoms with van der Waals surface area (Å²) in [6.45, 7) is 2.92. The van der Waals surface area contributed by atoms with Crippen molar-refractivity contribution in [2.45, 2.75) is 32.6 Å². The number of pyridine rings is 1. The first-order chi connectivity index (χ1) is 11.1. The normalized spacial score (nSPS) is 10.8. The van der Waals surface area contributed by atoms with Crippen molar-refractivity contribution >= 4 is 34.6 Å². The van der Waals surface area contributed by atoms with Crippen molar-refractivity contribution in [1.29, 1.82) is 0 Å². The fraction of sp³-hybridized carbons (Fsp3) is 0.353. The SMILES string of the molecule is Cc1ccc2cc(C=NNC(=O)CCCCC[NH3+])c(Cl)nc2c1.[Cl-]. The van der Waals surface area contributed by atoms with Gasteiger partial charge >= 0.3 is 0 Å². The van der Waals surface area contributed by atoms with E-state index in [-0.39, 0.29) is 18.3 Å². The molecule has 2 rings (SSSR count). The molecule has 0 atom stereocenters. The van der Waals surface area contributed by atoms with Crippen molar-refractivity contribution in [2.75, 3.05) is 6.54 Å². The number of hydrogen-bond donors (Lipinski definition) is 2. The first-order valence-corrected chi connectivity index (χ1v) is 8.16. The number of fused-ring (bicyclic) bond motifs is 1. The number of unbranched alkanes of at least 4 members (excludes halogenated alkanes) is 2. The minimum atomic E-state index is -0.0918. The number of carbonyl (C=O) groups excluding carboxylic acids is 1. The van der Waals surface area contributed by atoms with Crippen LogP contribution in [0.25, 0.3) is 10.9 Å². The number of quaternary nitrogens is 1. The highest BCUT2D eigenvalue weighted by atomic mass is 35.5. The summed E-state index contributed by atoms with van der Waals surface area (Å²) in [7, 11) is 0. The Bertz CT molecular complexity index is 719. The number of hydrogen-bond acceptors (Lipinski definition) is 3. The van der Waals surface area contributed by atoms with Crippen molar-refractivity contribution in [3.05, 3.63) is 40.5 Å². The Balaban J connectivity index is 0.00000288. The quantitative estimate of drug-likeness (QED) is 0.297. The molecule has 1 amide bonds. The van der Waals surface area contributed by atoms with Crippen molar-refractivity contribution in [1.82, 2.24) is 10.4 Å². The van der Waals surface area contributed by atoms with E-state index in [1.807, 2.05) is 31.2 Å². The van der Waals surface area contributed by atoms with Gasteiger partial charge in [0.15, 0.2) is 0 Å². The molecule has 0 saturated heterocycles. The van der Waals surface area contributed by atoms with Crippen molar-refractivity contribution in [3.8, 4) is 0 Å². The highest BCUT2D eigenvalue weighted by Gasteiger charge is 2.04. The third-order valence-electron chi connectivity index (χ3n) is 3.50. The van der Waals surface area contributed by atoms with E-state index in [1.165, 1.54) is 6.21 Å². The second-order valence-corrected chi connectivity index (χ2v) is 5.88. The number of nitrogens with one attached hydrogen (secondary N) is 1. The van der Waals surface area contributed by atoms with Crippen LogP contribution in [0, 0.1) is 6.92 Å². The van der Waals surface area contributed by atoms with Gasteiger partial charge in [-0.1, -0.05) is 23.7 Å². The maximum atomic E-state index is 11.6. The largest absolute Gasteiger partial charge is 1.00 e. The number of aryl methyl sites for hydroxylation is 1. The number of rotatable bonds is 7. The molecule has 0 aliphatic heterocycles. The van der Waals surface area contributed by atoms with Crippen LogP contribution >= 0.6 is 11.6 Å². The van der Waals surface area contributed by atoms with Crippen LogP contribution in [0.4, 0.5) is 0 Å². The first-order valence-electron chi connectivity index (χ1n) is 7.78. The van der Waals surface area contributed by atoms with E-state index in [0.29, 0.717) is 17.1 Å². The summed E-state index contributed by atoms with van der Waals surface area (Å²) in [4.78, 5) is 16.0. The van der Waals surface area contributed by atoms with Gasteiger partial charge in [-0.15, -0.1) is 0 Å². The molecule has 1 aromatic carbocycles. The van der Waals surface area contributed by atoms with E-state index in [0.717, 1.165) is 42.3 Å². The summed E-state index contributed by atoms with van der Waals surface area (Å²) in [5.41, 5.74) is 8.96. The summed E-state index contributed by atoms with van der Waals surface area (Å²) in [5.74, 6) is -0.0918. The molecule has 1 aromatic heterocycles. The number of amides is 1. The predicted octanol–water partition coefficient (Wildman–Crippen LogP) is -0.547. The van der Waals surface area contributed by atoms with Crippen LogP contribution in [0.3, 0.4) is 0 Å². The molecule has 1 heterocycles. The molecule has 0 saturated carbocycles. The molecule has 0 unspecified atom stereocenters. The molecular formula is C17H22Cl2N4O. The lowest BCUT2D eigenvalue weighted by Crippen LogP contribution is -3.00. The molecule has 130 valence electrons. The van der Waals surface area contributed by atoms with Crippen LogP contribution in [0.1, 0.15) is 36.8 Å². The van der Waals surface area contributed by atoms with Crippen LogP contribution in [-0.4, -0.2) is 23.7 Å². The first kappa shape index (κ1) is 20.4. The fourth-order valence-electron chi connectivity index (χ4n) is 2.23. The zero-order chi connectivity index (χ0) is 16.7. The van der Waals surface area contributed by atoms with E-state index >= 15 is 0 Å². The van der Waals surface area contributed by atoms with Gasteiger partial charge in [0.2, 0.25) is 5.91 Å². The number of halogens is 2. The van der Waals surface area contributed by atoms with E-state index in [1.54, 1.807) is 0 Å². The van der Waals surface area contributed by atoms with Gasteiger partial charge in [-0.25, -0.2) is 10.4 Å². The van der Waals surface area contributed by atoms with Crippen LogP contribution < -0.4 is 23.6 Å². The van der Waals surface area contributed by atoms with E-state index in [2.05, 4.69) is 21.2 Å². The summed E-state index contributed by atoms with van der Waals surface area (Å²) in [6, 6.07) is 7.91. The van der Waals surface area contributed by atoms with Crippen molar-refractivity contribution in [2.24, 2.45) is 5.10 Å². The molecule has 0 aliphatic carbocycles. The van der Waals surface area contributed by atoms with Gasteiger partial charge in [-0.2, -0.15) is 5.10 Å². The van der Waals surface area contributed by atoms with Gasteiger partial charge in [0.25, 0.3) is 0 Å². The monoisotopic (exact) mass is 368 g/mol. The average molecular weight is 369 g/mol. The molecule has 0 radical (unpaired) electrons. The zero-order valence-electron chi connectivity index (χ0n) is 13.7. The maximum Gasteiger partial charge on any atom is 0.240 e. The molecule has 4 N–H and O–H groups in total. The molecule has 0 fully saturated rings. The lowest BCUT2D eigenvalue weighted by atomic mass is 10.1. The second-order valence-electron chi connectivity index (χ2n) is 5.52. The van der Waals surface area contributed by atoms with Crippen LogP contribution in [0.15, 0.2) is 29.4 Å². The van der Waals surface area contributed by atoms with Crippen molar-refractivity contribution < 1.29 is 22.9 Å². The molecule has 5 nitrogen and oxygen atoms in total. The second kappa shape index (κ2) is 10.2. The minimum Gasteiger partial charge on any atom is -1.00 e. The molecule has 7 heteroatoms. The Morgan fingerprint density at radius 2 is 2.12 bits per heavy atom. The summed E-state index contributed by atoms with van der Waals surface area (Å²) in [5, 5.41) is 5.32. The summed E-state index contributed by atoms with van der Waals surface area (Å²) in [6.07, 6.45) is 4.92. The smallest absolute Gasteiger partial charge is 0.240 e. The average Bonchev–Trinajstić information content (AvgIpc) is 2.52. The van der Waals surface area contributed by atoms with E-state index in [9.17, 15) is 4.79 Å². The number of hydrazone groups is 1. The van der Waals surface area contributed by atoms with Crippen LogP contribution in [0.2, 0.25) is 5.15 Å². The van der Waals surface area contributed by atoms with Gasteiger partial charge in [-0.05, 0) is 43.9 Å². The molecule has 0 aliphatic rings.